The topological polar surface area (TPSA) is 76.5 Å². The number of aromatic nitrogens is 2. The number of likely N-dealkylation sites (N-methyl/N-ethyl adjacent to an activating group) is 1. The Morgan fingerprint density at radius 3 is 2.50 bits per heavy atom. The molecule has 8 heteroatoms. The maximum atomic E-state index is 13.1. The van der Waals surface area contributed by atoms with Gasteiger partial charge in [0.15, 0.2) is 0 Å². The highest BCUT2D eigenvalue weighted by Crippen LogP contribution is 2.31. The third-order valence-corrected chi connectivity index (χ3v) is 6.87. The summed E-state index contributed by atoms with van der Waals surface area (Å²) in [6.45, 7) is 7.11. The molecule has 0 radical (unpaired) electrons. The van der Waals surface area contributed by atoms with Gasteiger partial charge in [-0.15, -0.1) is 11.3 Å². The monoisotopic (exact) mass is 502 g/mol. The molecule has 3 heterocycles. The van der Waals surface area contributed by atoms with Crippen LogP contribution in [0.2, 0.25) is 0 Å². The summed E-state index contributed by atoms with van der Waals surface area (Å²) in [6.07, 6.45) is 0. The number of aryl methyl sites for hydroxylation is 3. The molecule has 0 fully saturated rings. The number of Topliss-reactive ketones (excluding diaryl/α,β-unsaturated/α-hetero) is 1. The normalized spacial score (nSPS) is 10.8. The smallest absolute Gasteiger partial charge is 0.298 e. The molecule has 0 atom stereocenters. The van der Waals surface area contributed by atoms with E-state index in [1.54, 1.807) is 35.9 Å². The Balaban J connectivity index is 1.35. The minimum absolute atomic E-state index is 0.384. The van der Waals surface area contributed by atoms with Gasteiger partial charge < -0.3 is 19.5 Å². The van der Waals surface area contributed by atoms with Crippen molar-refractivity contribution in [3.63, 3.8) is 0 Å². The van der Waals surface area contributed by atoms with E-state index in [4.69, 9.17) is 4.74 Å². The Morgan fingerprint density at radius 1 is 1.08 bits per heavy atom. The number of ketones is 1. The van der Waals surface area contributed by atoms with Crippen molar-refractivity contribution in [1.82, 2.24) is 9.55 Å². The van der Waals surface area contributed by atoms with Crippen LogP contribution in [0, 0.1) is 20.8 Å². The van der Waals surface area contributed by atoms with E-state index in [1.807, 2.05) is 56.6 Å². The molecule has 0 saturated heterocycles. The van der Waals surface area contributed by atoms with E-state index < -0.39 is 11.7 Å². The Hall–Kier alpha value is -3.91. The number of amides is 1. The zero-order valence-electron chi connectivity index (χ0n) is 21.2. The van der Waals surface area contributed by atoms with Gasteiger partial charge in [-0.3, -0.25) is 9.59 Å². The largest absolute Gasteiger partial charge is 0.492 e. The summed E-state index contributed by atoms with van der Waals surface area (Å²) >= 11 is 1.54. The first-order valence-electron chi connectivity index (χ1n) is 11.7. The van der Waals surface area contributed by atoms with Crippen LogP contribution < -0.4 is 15.0 Å². The van der Waals surface area contributed by atoms with Crippen molar-refractivity contribution in [3.05, 3.63) is 82.6 Å². The van der Waals surface area contributed by atoms with Gasteiger partial charge in [0.2, 0.25) is 0 Å². The number of nitrogens with one attached hydrogen (secondary N) is 1. The summed E-state index contributed by atoms with van der Waals surface area (Å²) in [5.41, 5.74) is 4.76. The van der Waals surface area contributed by atoms with Gasteiger partial charge in [0.05, 0.1) is 6.54 Å². The SMILES string of the molecule is Cc1cc(C)nc(N(C)CCOc2ccc(NC(=O)C(=O)c3c(-c4cccs4)cc(C)n3C)cc2)c1. The first-order valence-corrected chi connectivity index (χ1v) is 12.6. The number of ether oxygens (including phenoxy) is 1. The molecule has 1 amide bonds. The van der Waals surface area contributed by atoms with Crippen molar-refractivity contribution in [1.29, 1.82) is 0 Å². The molecule has 0 unspecified atom stereocenters. The molecule has 0 aliphatic carbocycles. The summed E-state index contributed by atoms with van der Waals surface area (Å²) in [5.74, 6) is 0.344. The van der Waals surface area contributed by atoms with Crippen molar-refractivity contribution in [3.8, 4) is 16.2 Å². The van der Waals surface area contributed by atoms with Crippen molar-refractivity contribution >= 4 is 34.5 Å². The predicted molar refractivity (Wildman–Crippen MR) is 145 cm³/mol. The van der Waals surface area contributed by atoms with Crippen LogP contribution in [-0.2, 0) is 11.8 Å². The third kappa shape index (κ3) is 5.66. The van der Waals surface area contributed by atoms with E-state index in [2.05, 4.69) is 22.1 Å². The van der Waals surface area contributed by atoms with Crippen LogP contribution in [-0.4, -0.2) is 41.4 Å². The number of rotatable bonds is 9. The number of carbonyl (C=O) groups is 2. The van der Waals surface area contributed by atoms with Crippen LogP contribution >= 0.6 is 11.3 Å². The summed E-state index contributed by atoms with van der Waals surface area (Å²) in [6, 6.07) is 16.9. The molecule has 7 nitrogen and oxygen atoms in total. The molecule has 0 spiro atoms. The van der Waals surface area contributed by atoms with Gasteiger partial charge in [-0.2, -0.15) is 0 Å². The zero-order valence-corrected chi connectivity index (χ0v) is 22.0. The van der Waals surface area contributed by atoms with Crippen LogP contribution in [0.4, 0.5) is 11.5 Å². The third-order valence-electron chi connectivity index (χ3n) is 5.96. The molecule has 1 N–H and O–H groups in total. The Labute approximate surface area is 215 Å². The molecule has 0 bridgehead atoms. The molecule has 36 heavy (non-hydrogen) atoms. The second-order valence-corrected chi connectivity index (χ2v) is 9.75. The molecule has 0 aliphatic heterocycles. The Bertz CT molecular complexity index is 1350. The van der Waals surface area contributed by atoms with Crippen molar-refractivity contribution in [2.24, 2.45) is 7.05 Å². The Kier molecular flexibility index (Phi) is 7.55. The molecule has 4 rings (SSSR count). The maximum absolute atomic E-state index is 13.1. The van der Waals surface area contributed by atoms with E-state index >= 15 is 0 Å². The molecular formula is C28H30N4O3S. The standard InChI is InChI=1S/C28H30N4O3S/c1-18-15-19(2)29-25(16-18)31(4)12-13-35-22-10-8-21(9-11-22)30-28(34)27(33)26-23(17-20(3)32(26)5)24-7-6-14-36-24/h6-11,14-17H,12-13H2,1-5H3,(H,30,34). The summed E-state index contributed by atoms with van der Waals surface area (Å²) in [5, 5.41) is 4.66. The van der Waals surface area contributed by atoms with Gasteiger partial charge in [-0.05, 0) is 80.2 Å². The zero-order chi connectivity index (χ0) is 25.8. The van der Waals surface area contributed by atoms with E-state index in [1.165, 1.54) is 16.9 Å². The molecule has 3 aromatic heterocycles. The number of nitrogens with zero attached hydrogens (tertiary/aromatic N) is 3. The molecule has 186 valence electrons. The second kappa shape index (κ2) is 10.8. The number of carbonyl (C=O) groups excluding carboxylic acids is 2. The van der Waals surface area contributed by atoms with Crippen LogP contribution in [0.1, 0.15) is 27.4 Å². The quantitative estimate of drug-likeness (QED) is 0.245. The first kappa shape index (κ1) is 25.2. The second-order valence-electron chi connectivity index (χ2n) is 8.81. The number of pyridine rings is 1. The number of hydrogen-bond acceptors (Lipinski definition) is 6. The fourth-order valence-corrected chi connectivity index (χ4v) is 4.73. The molecular weight excluding hydrogens is 472 g/mol. The van der Waals surface area contributed by atoms with Gasteiger partial charge in [-0.25, -0.2) is 4.98 Å². The van der Waals surface area contributed by atoms with Gasteiger partial charge >= 0.3 is 0 Å². The first-order chi connectivity index (χ1) is 17.2. The number of benzene rings is 1. The van der Waals surface area contributed by atoms with E-state index in [-0.39, 0.29) is 0 Å². The number of anilines is 2. The van der Waals surface area contributed by atoms with Crippen molar-refractivity contribution < 1.29 is 14.3 Å². The van der Waals surface area contributed by atoms with E-state index in [0.717, 1.165) is 27.6 Å². The average Bonchev–Trinajstić information content (AvgIpc) is 3.47. The van der Waals surface area contributed by atoms with Crippen LogP contribution in [0.5, 0.6) is 5.75 Å². The molecule has 0 aliphatic rings. The fourth-order valence-electron chi connectivity index (χ4n) is 3.99. The minimum Gasteiger partial charge on any atom is -0.492 e. The minimum atomic E-state index is -0.676. The van der Waals surface area contributed by atoms with Gasteiger partial charge in [-0.1, -0.05) is 6.07 Å². The van der Waals surface area contributed by atoms with Crippen LogP contribution in [0.15, 0.2) is 60.0 Å². The Morgan fingerprint density at radius 2 is 1.83 bits per heavy atom. The summed E-state index contributed by atoms with van der Waals surface area (Å²) in [4.78, 5) is 33.4. The predicted octanol–water partition coefficient (Wildman–Crippen LogP) is 5.41. The lowest BCUT2D eigenvalue weighted by Crippen LogP contribution is -2.25. The van der Waals surface area contributed by atoms with Crippen molar-refractivity contribution in [2.45, 2.75) is 20.8 Å². The highest BCUT2D eigenvalue weighted by Gasteiger charge is 2.25. The molecule has 4 aromatic rings. The van der Waals surface area contributed by atoms with Gasteiger partial charge in [0, 0.05) is 41.6 Å². The van der Waals surface area contributed by atoms with Gasteiger partial charge in [0.1, 0.15) is 23.9 Å². The number of hydrogen-bond donors (Lipinski definition) is 1. The van der Waals surface area contributed by atoms with Gasteiger partial charge in [0.25, 0.3) is 11.7 Å². The fraction of sp³-hybridized carbons (Fsp3) is 0.250. The average molecular weight is 503 g/mol. The molecule has 1 aromatic carbocycles. The van der Waals surface area contributed by atoms with Crippen molar-refractivity contribution in [2.75, 3.05) is 30.4 Å². The maximum Gasteiger partial charge on any atom is 0.298 e. The van der Waals surface area contributed by atoms with Crippen LogP contribution in [0.3, 0.4) is 0 Å². The lowest BCUT2D eigenvalue weighted by Gasteiger charge is -2.19. The summed E-state index contributed by atoms with van der Waals surface area (Å²) in [7, 11) is 3.78. The summed E-state index contributed by atoms with van der Waals surface area (Å²) < 4.78 is 7.62. The lowest BCUT2D eigenvalue weighted by molar-refractivity contribution is -0.112. The van der Waals surface area contributed by atoms with E-state index in [0.29, 0.717) is 30.3 Å². The van der Waals surface area contributed by atoms with Crippen LogP contribution in [0.25, 0.3) is 10.4 Å². The van der Waals surface area contributed by atoms with E-state index in [9.17, 15) is 9.59 Å². The number of thiophene rings is 1. The lowest BCUT2D eigenvalue weighted by atomic mass is 10.1. The highest BCUT2D eigenvalue weighted by atomic mass is 32.1. The highest BCUT2D eigenvalue weighted by molar-refractivity contribution is 7.13. The molecule has 0 saturated carbocycles.